The number of ether oxygens (including phenoxy) is 5. The van der Waals surface area contributed by atoms with Gasteiger partial charge in [0.15, 0.2) is 23.6 Å². The first-order chi connectivity index (χ1) is 28.9. The Bertz CT molecular complexity index is 2230. The topological polar surface area (TPSA) is 221 Å². The van der Waals surface area contributed by atoms with Gasteiger partial charge in [0.05, 0.1) is 36.2 Å². The van der Waals surface area contributed by atoms with Gasteiger partial charge in [-0.3, -0.25) is 19.2 Å². The number of carbonyl (C=O) groups is 6. The summed E-state index contributed by atoms with van der Waals surface area (Å²) in [5, 5.41) is 39.8. The van der Waals surface area contributed by atoms with Crippen molar-refractivity contribution in [2.24, 2.45) is 17.3 Å². The van der Waals surface area contributed by atoms with Gasteiger partial charge in [0.25, 0.3) is 5.91 Å². The minimum atomic E-state index is -2.37. The quantitative estimate of drug-likeness (QED) is 0.131. The van der Waals surface area contributed by atoms with Gasteiger partial charge < -0.3 is 44.3 Å². The average Bonchev–Trinajstić information content (AvgIpc) is 3.22. The highest BCUT2D eigenvalue weighted by Gasteiger charge is 2.75. The Hall–Kier alpha value is -5.74. The fraction of sp³-hybridized carbons (Fsp3) is 0.435. The standard InChI is InChI=1S/C46H49NO14/c1-24-31(59-43(55)38(52)36(27-15-9-6-10-16-27)47-41(53)28-17-11-7-12-18-28)22-46(56)40(60-42(54)29-19-13-8-14-20-29)35-33(30(50)21-32-45(35,23-57-32)61-26(3)49)37(51)39(58-25(2)48)34(24)44(46,4)5/h6-20,30-33,35-36,38-40,50,52,56H,21-23H2,1-5H3,(H,47,53)/t30-,31?,32+,33?,35?,36?,38+,39+,40-,45-,46+/m0/s1. The predicted octanol–water partition coefficient (Wildman–Crippen LogP) is 3.35. The lowest BCUT2D eigenvalue weighted by Gasteiger charge is -2.64. The molecule has 3 aliphatic carbocycles. The number of aliphatic hydroxyl groups excluding tert-OH is 2. The van der Waals surface area contributed by atoms with Crippen molar-refractivity contribution in [3.63, 3.8) is 0 Å². The molecule has 322 valence electrons. The zero-order chi connectivity index (χ0) is 44.0. The van der Waals surface area contributed by atoms with Crippen LogP contribution >= 0.6 is 0 Å². The maximum absolute atomic E-state index is 15.2. The van der Waals surface area contributed by atoms with E-state index < -0.39 is 113 Å². The van der Waals surface area contributed by atoms with Crippen molar-refractivity contribution in [2.45, 2.75) is 101 Å². The highest BCUT2D eigenvalue weighted by atomic mass is 16.6. The number of rotatable bonds is 10. The van der Waals surface area contributed by atoms with Gasteiger partial charge in [0.2, 0.25) is 0 Å². The molecular weight excluding hydrogens is 790 g/mol. The van der Waals surface area contributed by atoms with E-state index in [-0.39, 0.29) is 35.3 Å². The summed E-state index contributed by atoms with van der Waals surface area (Å²) in [6, 6.07) is 22.9. The summed E-state index contributed by atoms with van der Waals surface area (Å²) in [6.07, 6.45) is -10.3. The first kappa shape index (κ1) is 43.4. The number of nitrogens with one attached hydrogen (secondary N) is 1. The lowest BCUT2D eigenvalue weighted by molar-refractivity contribution is -0.332. The average molecular weight is 840 g/mol. The van der Waals surface area contributed by atoms with Gasteiger partial charge in [-0.15, -0.1) is 0 Å². The van der Waals surface area contributed by atoms with Crippen molar-refractivity contribution < 1.29 is 67.8 Å². The van der Waals surface area contributed by atoms with Crippen LogP contribution in [0.4, 0.5) is 0 Å². The van der Waals surface area contributed by atoms with Crippen LogP contribution in [0, 0.1) is 17.3 Å². The Morgan fingerprint density at radius 3 is 1.98 bits per heavy atom. The number of amides is 1. The summed E-state index contributed by atoms with van der Waals surface area (Å²) in [4.78, 5) is 82.7. The van der Waals surface area contributed by atoms with Crippen LogP contribution in [0.3, 0.4) is 0 Å². The number of fused-ring (bicyclic) bond motifs is 5. The van der Waals surface area contributed by atoms with Crippen LogP contribution in [-0.4, -0.2) is 105 Å². The molecule has 2 bridgehead atoms. The number of hydrogen-bond acceptors (Lipinski definition) is 14. The highest BCUT2D eigenvalue weighted by Crippen LogP contribution is 2.61. The van der Waals surface area contributed by atoms with Crippen LogP contribution in [0.1, 0.15) is 79.8 Å². The molecule has 11 atom stereocenters. The van der Waals surface area contributed by atoms with Crippen molar-refractivity contribution >= 4 is 35.6 Å². The lowest BCUT2D eigenvalue weighted by Crippen LogP contribution is -2.79. The molecule has 7 rings (SSSR count). The van der Waals surface area contributed by atoms with Crippen molar-refractivity contribution in [1.82, 2.24) is 5.32 Å². The highest BCUT2D eigenvalue weighted by molar-refractivity contribution is 5.95. The van der Waals surface area contributed by atoms with Crippen molar-refractivity contribution in [1.29, 1.82) is 0 Å². The molecule has 4 N–H and O–H groups in total. The monoisotopic (exact) mass is 839 g/mol. The molecule has 0 radical (unpaired) electrons. The van der Waals surface area contributed by atoms with E-state index in [0.717, 1.165) is 13.8 Å². The van der Waals surface area contributed by atoms with Crippen LogP contribution in [0.5, 0.6) is 0 Å². The fourth-order valence-corrected chi connectivity index (χ4v) is 9.81. The maximum atomic E-state index is 15.2. The molecule has 1 aliphatic heterocycles. The molecule has 15 heteroatoms. The van der Waals surface area contributed by atoms with Gasteiger partial charge >= 0.3 is 23.9 Å². The third kappa shape index (κ3) is 7.64. The molecule has 3 aromatic rings. The first-order valence-electron chi connectivity index (χ1n) is 20.1. The molecule has 3 fully saturated rings. The van der Waals surface area contributed by atoms with Gasteiger partial charge in [0, 0.05) is 37.7 Å². The van der Waals surface area contributed by atoms with E-state index in [4.69, 9.17) is 23.7 Å². The van der Waals surface area contributed by atoms with E-state index in [0.29, 0.717) is 5.56 Å². The van der Waals surface area contributed by atoms with Gasteiger partial charge in [0.1, 0.15) is 23.9 Å². The molecule has 4 aliphatic rings. The minimum Gasteiger partial charge on any atom is -0.456 e. The second-order valence-corrected chi connectivity index (χ2v) is 16.7. The van der Waals surface area contributed by atoms with Gasteiger partial charge in [-0.05, 0) is 47.9 Å². The Morgan fingerprint density at radius 2 is 1.43 bits per heavy atom. The van der Waals surface area contributed by atoms with Crippen molar-refractivity contribution in [3.8, 4) is 0 Å². The SMILES string of the molecule is CC(=O)O[C@H]1C(=O)C2C([C@H](OC(=O)c3ccccc3)[C@]3(O)CC(OC(=O)[C@H](O)C(NC(=O)c4ccccc4)c4ccccc4)C(C)=C1C3(C)C)[C@]1(OC(C)=O)CO[C@@H]1C[C@@H]2O. The molecule has 1 heterocycles. The Balaban J connectivity index is 1.36. The smallest absolute Gasteiger partial charge is 0.338 e. The van der Waals surface area contributed by atoms with E-state index in [2.05, 4.69) is 5.32 Å². The molecule has 15 nitrogen and oxygen atoms in total. The fourth-order valence-electron chi connectivity index (χ4n) is 9.81. The third-order valence-corrected chi connectivity index (χ3v) is 12.8. The number of Topliss-reactive ketones (excluding diaryl/α,β-unsaturated/α-hetero) is 1. The Labute approximate surface area is 352 Å². The third-order valence-electron chi connectivity index (χ3n) is 12.8. The number of esters is 4. The minimum absolute atomic E-state index is 0.00524. The summed E-state index contributed by atoms with van der Waals surface area (Å²) >= 11 is 0. The van der Waals surface area contributed by atoms with Crippen molar-refractivity contribution in [3.05, 3.63) is 119 Å². The number of carbonyl (C=O) groups excluding carboxylic acids is 6. The molecule has 0 spiro atoms. The molecule has 1 saturated heterocycles. The van der Waals surface area contributed by atoms with Gasteiger partial charge in [-0.1, -0.05) is 80.6 Å². The summed E-state index contributed by atoms with van der Waals surface area (Å²) in [5.74, 6) is -8.30. The van der Waals surface area contributed by atoms with Gasteiger partial charge in [-0.2, -0.15) is 0 Å². The zero-order valence-corrected chi connectivity index (χ0v) is 34.3. The number of benzene rings is 3. The van der Waals surface area contributed by atoms with Crippen LogP contribution < -0.4 is 5.32 Å². The van der Waals surface area contributed by atoms with Crippen LogP contribution in [0.2, 0.25) is 0 Å². The molecule has 0 aromatic heterocycles. The molecular formula is C46H49NO14. The summed E-state index contributed by atoms with van der Waals surface area (Å²) in [7, 11) is 0. The molecule has 4 unspecified atom stereocenters. The largest absolute Gasteiger partial charge is 0.456 e. The number of ketones is 1. The Morgan fingerprint density at radius 1 is 0.836 bits per heavy atom. The molecule has 3 aromatic carbocycles. The summed E-state index contributed by atoms with van der Waals surface area (Å²) in [6.45, 7) is 6.58. The molecule has 2 saturated carbocycles. The van der Waals surface area contributed by atoms with E-state index in [1.54, 1.807) is 92.7 Å². The summed E-state index contributed by atoms with van der Waals surface area (Å²) in [5.41, 5.74) is -4.87. The lowest BCUT2D eigenvalue weighted by atomic mass is 9.48. The molecule has 1 amide bonds. The zero-order valence-electron chi connectivity index (χ0n) is 34.3. The number of hydrogen-bond donors (Lipinski definition) is 4. The van der Waals surface area contributed by atoms with Crippen LogP contribution in [0.15, 0.2) is 102 Å². The second kappa shape index (κ2) is 16.6. The Kier molecular flexibility index (Phi) is 11.8. The maximum Gasteiger partial charge on any atom is 0.338 e. The first-order valence-corrected chi connectivity index (χ1v) is 20.1. The van der Waals surface area contributed by atoms with Gasteiger partial charge in [-0.25, -0.2) is 9.59 Å². The summed E-state index contributed by atoms with van der Waals surface area (Å²) < 4.78 is 30.0. The van der Waals surface area contributed by atoms with E-state index in [1.165, 1.54) is 19.1 Å². The van der Waals surface area contributed by atoms with E-state index in [1.807, 2.05) is 0 Å². The number of aliphatic hydroxyl groups is 3. The van der Waals surface area contributed by atoms with Crippen LogP contribution in [-0.2, 0) is 42.9 Å². The second-order valence-electron chi connectivity index (χ2n) is 16.7. The van der Waals surface area contributed by atoms with Crippen LogP contribution in [0.25, 0.3) is 0 Å². The normalized spacial score (nSPS) is 31.0. The van der Waals surface area contributed by atoms with E-state index in [9.17, 15) is 39.3 Å². The predicted molar refractivity (Wildman–Crippen MR) is 213 cm³/mol. The van der Waals surface area contributed by atoms with Crippen molar-refractivity contribution in [2.75, 3.05) is 6.61 Å². The molecule has 61 heavy (non-hydrogen) atoms. The van der Waals surface area contributed by atoms with E-state index >= 15 is 4.79 Å².